The third-order valence-corrected chi connectivity index (χ3v) is 3.97. The molecule has 0 unspecified atom stereocenters. The number of nitrogens with zero attached hydrogens (tertiary/aromatic N) is 3. The first kappa shape index (κ1) is 13.9. The summed E-state index contributed by atoms with van der Waals surface area (Å²) in [6, 6.07) is 5.45. The summed E-state index contributed by atoms with van der Waals surface area (Å²) in [6.07, 6.45) is 2.22. The molecule has 7 nitrogen and oxygen atoms in total. The largest absolute Gasteiger partial charge is 0.338 e. The molecule has 0 radical (unpaired) electrons. The molecule has 4 rings (SSSR count). The van der Waals surface area contributed by atoms with Gasteiger partial charge in [0.25, 0.3) is 5.91 Å². The molecule has 1 aliphatic rings. The van der Waals surface area contributed by atoms with Gasteiger partial charge in [0.05, 0.1) is 11.0 Å². The molecule has 1 aliphatic carbocycles. The van der Waals surface area contributed by atoms with Crippen LogP contribution < -0.4 is 5.32 Å². The van der Waals surface area contributed by atoms with Crippen LogP contribution in [0.3, 0.4) is 0 Å². The van der Waals surface area contributed by atoms with Crippen molar-refractivity contribution in [1.29, 1.82) is 0 Å². The molecule has 23 heavy (non-hydrogen) atoms. The molecule has 1 fully saturated rings. The van der Waals surface area contributed by atoms with Gasteiger partial charge in [0, 0.05) is 5.92 Å². The number of benzene rings is 1. The fourth-order valence-electron chi connectivity index (χ4n) is 2.49. The molecule has 0 spiro atoms. The molecule has 1 aromatic carbocycles. The predicted octanol–water partition coefficient (Wildman–Crippen LogP) is 2.62. The van der Waals surface area contributed by atoms with E-state index in [1.807, 2.05) is 32.0 Å². The summed E-state index contributed by atoms with van der Waals surface area (Å²) < 4.78 is 5.23. The summed E-state index contributed by atoms with van der Waals surface area (Å²) in [5.41, 5.74) is 2.72. The van der Waals surface area contributed by atoms with E-state index in [4.69, 9.17) is 4.52 Å². The lowest BCUT2D eigenvalue weighted by Gasteiger charge is -2.07. The van der Waals surface area contributed by atoms with Crippen molar-refractivity contribution < 1.29 is 9.32 Å². The number of nitrogens with one attached hydrogen (secondary N) is 2. The number of hydrogen-bond donors (Lipinski definition) is 2. The highest BCUT2D eigenvalue weighted by Gasteiger charge is 2.30. The van der Waals surface area contributed by atoms with Crippen molar-refractivity contribution >= 4 is 16.9 Å². The Morgan fingerprint density at radius 1 is 1.39 bits per heavy atom. The zero-order valence-corrected chi connectivity index (χ0v) is 13.0. The smallest absolute Gasteiger partial charge is 0.287 e. The Kier molecular flexibility index (Phi) is 3.14. The van der Waals surface area contributed by atoms with Crippen LogP contribution in [-0.4, -0.2) is 26.0 Å². The Morgan fingerprint density at radius 3 is 3.00 bits per heavy atom. The lowest BCUT2D eigenvalue weighted by Crippen LogP contribution is -2.27. The van der Waals surface area contributed by atoms with Gasteiger partial charge in [-0.05, 0) is 44.4 Å². The van der Waals surface area contributed by atoms with E-state index in [1.54, 1.807) is 0 Å². The lowest BCUT2D eigenvalue weighted by atomic mass is 10.2. The van der Waals surface area contributed by atoms with Crippen molar-refractivity contribution in [1.82, 2.24) is 25.4 Å². The molecule has 7 heteroatoms. The normalized spacial score (nSPS) is 15.7. The predicted molar refractivity (Wildman–Crippen MR) is 83.0 cm³/mol. The van der Waals surface area contributed by atoms with E-state index in [0.717, 1.165) is 35.3 Å². The summed E-state index contributed by atoms with van der Waals surface area (Å²) in [5.74, 6) is 1.57. The van der Waals surface area contributed by atoms with Crippen LogP contribution in [0.5, 0.6) is 0 Å². The number of carbonyl (C=O) groups excluding carboxylic acids is 1. The van der Waals surface area contributed by atoms with Gasteiger partial charge in [-0.3, -0.25) is 4.79 Å². The number of fused-ring (bicyclic) bond motifs is 1. The molecule has 1 saturated carbocycles. The number of aromatic nitrogens is 4. The summed E-state index contributed by atoms with van der Waals surface area (Å²) in [6.45, 7) is 3.81. The Morgan fingerprint density at radius 2 is 2.22 bits per heavy atom. The zero-order valence-electron chi connectivity index (χ0n) is 13.0. The van der Waals surface area contributed by atoms with Crippen molar-refractivity contribution in [3.05, 3.63) is 41.3 Å². The van der Waals surface area contributed by atoms with Gasteiger partial charge in [0.1, 0.15) is 6.04 Å². The van der Waals surface area contributed by atoms with Gasteiger partial charge in [0.2, 0.25) is 5.89 Å². The Labute approximate surface area is 132 Å². The maximum Gasteiger partial charge on any atom is 0.287 e. The fourth-order valence-corrected chi connectivity index (χ4v) is 2.49. The number of aryl methyl sites for hydroxylation is 1. The highest BCUT2D eigenvalue weighted by Crippen LogP contribution is 2.38. The summed E-state index contributed by atoms with van der Waals surface area (Å²) in [7, 11) is 0. The third kappa shape index (κ3) is 2.69. The quantitative estimate of drug-likeness (QED) is 0.772. The monoisotopic (exact) mass is 311 g/mol. The van der Waals surface area contributed by atoms with Crippen LogP contribution in [0.4, 0.5) is 0 Å². The number of H-pyrrole nitrogens is 1. The lowest BCUT2D eigenvalue weighted by molar-refractivity contribution is 0.0923. The number of hydrogen-bond acceptors (Lipinski definition) is 5. The number of aromatic amines is 1. The molecule has 2 heterocycles. The SMILES string of the molecule is Cc1ccc2nc(C(=O)N[C@H](C)c3nc(C4CC4)no3)[nH]c2c1. The highest BCUT2D eigenvalue weighted by atomic mass is 16.5. The molecule has 0 aliphatic heterocycles. The minimum atomic E-state index is -0.363. The first-order valence-electron chi connectivity index (χ1n) is 7.71. The van der Waals surface area contributed by atoms with Crippen LogP contribution in [-0.2, 0) is 0 Å². The topological polar surface area (TPSA) is 96.7 Å². The van der Waals surface area contributed by atoms with Crippen molar-refractivity contribution in [2.45, 2.75) is 38.6 Å². The second-order valence-corrected chi connectivity index (χ2v) is 6.07. The Bertz CT molecular complexity index is 878. The second kappa shape index (κ2) is 5.19. The molecule has 1 atom stereocenters. The molecule has 118 valence electrons. The minimum absolute atomic E-state index is 0.277. The maximum atomic E-state index is 12.3. The minimum Gasteiger partial charge on any atom is -0.338 e. The van der Waals surface area contributed by atoms with E-state index in [1.165, 1.54) is 0 Å². The average Bonchev–Trinajstić information content (AvgIpc) is 3.10. The van der Waals surface area contributed by atoms with Crippen LogP contribution in [0.25, 0.3) is 11.0 Å². The van der Waals surface area contributed by atoms with E-state index in [0.29, 0.717) is 11.8 Å². The zero-order chi connectivity index (χ0) is 16.0. The van der Waals surface area contributed by atoms with E-state index >= 15 is 0 Å². The van der Waals surface area contributed by atoms with Gasteiger partial charge >= 0.3 is 0 Å². The number of amides is 1. The van der Waals surface area contributed by atoms with Crippen molar-refractivity contribution in [3.63, 3.8) is 0 Å². The fraction of sp³-hybridized carbons (Fsp3) is 0.375. The van der Waals surface area contributed by atoms with Crippen LogP contribution in [0.2, 0.25) is 0 Å². The van der Waals surface area contributed by atoms with Crippen LogP contribution in [0.15, 0.2) is 22.7 Å². The molecule has 2 N–H and O–H groups in total. The Balaban J connectivity index is 1.50. The first-order chi connectivity index (χ1) is 11.1. The standard InChI is InChI=1S/C16H17N5O2/c1-8-3-6-11-12(7-8)19-14(18-11)15(22)17-9(2)16-20-13(21-23-16)10-4-5-10/h3,6-7,9-10H,4-5H2,1-2H3,(H,17,22)(H,18,19)/t9-/m1/s1. The average molecular weight is 311 g/mol. The molecule has 2 aromatic heterocycles. The molecule has 3 aromatic rings. The van der Waals surface area contributed by atoms with Crippen LogP contribution in [0, 0.1) is 6.92 Å². The molecular weight excluding hydrogens is 294 g/mol. The van der Waals surface area contributed by atoms with E-state index in [-0.39, 0.29) is 17.8 Å². The van der Waals surface area contributed by atoms with Crippen molar-refractivity contribution in [3.8, 4) is 0 Å². The van der Waals surface area contributed by atoms with Gasteiger partial charge in [-0.25, -0.2) is 4.98 Å². The van der Waals surface area contributed by atoms with Gasteiger partial charge in [-0.15, -0.1) is 0 Å². The highest BCUT2D eigenvalue weighted by molar-refractivity contribution is 5.94. The molecule has 0 saturated heterocycles. The Hall–Kier alpha value is -2.70. The number of carbonyl (C=O) groups is 1. The van der Waals surface area contributed by atoms with Gasteiger partial charge in [-0.1, -0.05) is 11.2 Å². The van der Waals surface area contributed by atoms with Crippen molar-refractivity contribution in [2.24, 2.45) is 0 Å². The van der Waals surface area contributed by atoms with Gasteiger partial charge in [-0.2, -0.15) is 4.98 Å². The van der Waals surface area contributed by atoms with Crippen LogP contribution in [0.1, 0.15) is 59.6 Å². The van der Waals surface area contributed by atoms with Crippen LogP contribution >= 0.6 is 0 Å². The van der Waals surface area contributed by atoms with Gasteiger partial charge < -0.3 is 14.8 Å². The van der Waals surface area contributed by atoms with E-state index in [2.05, 4.69) is 25.4 Å². The maximum absolute atomic E-state index is 12.3. The molecule has 0 bridgehead atoms. The van der Waals surface area contributed by atoms with Gasteiger partial charge in [0.15, 0.2) is 11.6 Å². The van der Waals surface area contributed by atoms with E-state index in [9.17, 15) is 4.79 Å². The first-order valence-corrected chi connectivity index (χ1v) is 7.71. The van der Waals surface area contributed by atoms with Crippen molar-refractivity contribution in [2.75, 3.05) is 0 Å². The summed E-state index contributed by atoms with van der Waals surface area (Å²) in [4.78, 5) is 24.0. The van der Waals surface area contributed by atoms with E-state index < -0.39 is 0 Å². The molecular formula is C16H17N5O2. The molecule has 1 amide bonds. The third-order valence-electron chi connectivity index (χ3n) is 3.97. The summed E-state index contributed by atoms with van der Waals surface area (Å²) >= 11 is 0. The number of imidazole rings is 1. The second-order valence-electron chi connectivity index (χ2n) is 6.07. The number of rotatable bonds is 4. The summed E-state index contributed by atoms with van der Waals surface area (Å²) in [5, 5.41) is 6.79.